The molecule has 1 amide bonds. The summed E-state index contributed by atoms with van der Waals surface area (Å²) in [7, 11) is 3.47. The number of carbonyl (C=O) groups excluding carboxylic acids is 1. The normalized spacial score (nSPS) is 21.7. The van der Waals surface area contributed by atoms with E-state index in [0.717, 1.165) is 68.2 Å². The highest BCUT2D eigenvalue weighted by atomic mass is 127. The lowest BCUT2D eigenvalue weighted by molar-refractivity contribution is -0.134. The number of guanidine groups is 1. The molecule has 1 unspecified atom stereocenters. The molecule has 0 radical (unpaired) electrons. The van der Waals surface area contributed by atoms with E-state index in [1.54, 1.807) is 14.2 Å². The number of carbonyl (C=O) groups is 1. The number of aliphatic imine (C=N–C) groups is 1. The summed E-state index contributed by atoms with van der Waals surface area (Å²) in [5.74, 6) is 3.05. The van der Waals surface area contributed by atoms with Crippen molar-refractivity contribution in [3.8, 4) is 11.5 Å². The molecule has 4 rings (SSSR count). The molecule has 7 nitrogen and oxygen atoms in total. The van der Waals surface area contributed by atoms with Gasteiger partial charge in [0.15, 0.2) is 5.96 Å². The van der Waals surface area contributed by atoms with Crippen molar-refractivity contribution in [2.24, 2.45) is 10.9 Å². The zero-order valence-electron chi connectivity index (χ0n) is 20.0. The molecule has 33 heavy (non-hydrogen) atoms. The van der Waals surface area contributed by atoms with Gasteiger partial charge in [-0.2, -0.15) is 0 Å². The van der Waals surface area contributed by atoms with Crippen LogP contribution in [0.4, 0.5) is 0 Å². The zero-order chi connectivity index (χ0) is 22.3. The number of amides is 1. The Labute approximate surface area is 215 Å². The molecular weight excluding hydrogens is 531 g/mol. The first kappa shape index (κ1) is 25.9. The molecule has 2 aliphatic carbocycles. The minimum absolute atomic E-state index is 0. The smallest absolute Gasteiger partial charge is 0.225 e. The molecule has 0 spiro atoms. The Morgan fingerprint density at radius 2 is 1.85 bits per heavy atom. The fraction of sp³-hybridized carbons (Fsp3) is 0.680. The number of ether oxygens (including phenoxy) is 2. The van der Waals surface area contributed by atoms with Crippen molar-refractivity contribution in [1.82, 2.24) is 15.5 Å². The van der Waals surface area contributed by atoms with E-state index in [9.17, 15) is 4.79 Å². The highest BCUT2D eigenvalue weighted by Crippen LogP contribution is 2.30. The van der Waals surface area contributed by atoms with E-state index in [1.165, 1.54) is 25.7 Å². The van der Waals surface area contributed by atoms with Crippen LogP contribution in [-0.4, -0.2) is 56.2 Å². The lowest BCUT2D eigenvalue weighted by atomic mass is 10.1. The average Bonchev–Trinajstić information content (AvgIpc) is 3.60. The molecule has 1 heterocycles. The summed E-state index contributed by atoms with van der Waals surface area (Å²) in [5.41, 5.74) is 1.09. The highest BCUT2D eigenvalue weighted by molar-refractivity contribution is 14.0. The van der Waals surface area contributed by atoms with Crippen LogP contribution in [0.5, 0.6) is 11.5 Å². The molecule has 1 atom stereocenters. The van der Waals surface area contributed by atoms with Gasteiger partial charge in [-0.05, 0) is 57.1 Å². The predicted molar refractivity (Wildman–Crippen MR) is 142 cm³/mol. The van der Waals surface area contributed by atoms with Crippen LogP contribution in [0.2, 0.25) is 0 Å². The summed E-state index contributed by atoms with van der Waals surface area (Å²) in [4.78, 5) is 19.2. The highest BCUT2D eigenvalue weighted by Gasteiger charge is 2.32. The van der Waals surface area contributed by atoms with Crippen molar-refractivity contribution < 1.29 is 14.3 Å². The van der Waals surface area contributed by atoms with Crippen LogP contribution < -0.4 is 20.1 Å². The third-order valence-corrected chi connectivity index (χ3v) is 7.09. The molecule has 0 bridgehead atoms. The maximum absolute atomic E-state index is 12.7. The number of nitrogens with one attached hydrogen (secondary N) is 2. The summed E-state index contributed by atoms with van der Waals surface area (Å²) in [6, 6.07) is 6.24. The van der Waals surface area contributed by atoms with Crippen molar-refractivity contribution in [2.45, 2.75) is 76.5 Å². The van der Waals surface area contributed by atoms with Gasteiger partial charge in [-0.25, -0.2) is 0 Å². The SMILES string of the molecule is CN=C(NCc1ccc(OC)cc1OC1CCCC1)NC1CCN(C(=O)C2CCCC2)C1.I. The second kappa shape index (κ2) is 12.7. The van der Waals surface area contributed by atoms with Gasteiger partial charge in [-0.3, -0.25) is 9.79 Å². The third-order valence-electron chi connectivity index (χ3n) is 7.09. The summed E-state index contributed by atoms with van der Waals surface area (Å²) in [6.45, 7) is 2.21. The Morgan fingerprint density at radius 3 is 2.55 bits per heavy atom. The number of halogens is 1. The number of nitrogens with zero attached hydrogens (tertiary/aromatic N) is 2. The third kappa shape index (κ3) is 6.90. The quantitative estimate of drug-likeness (QED) is 0.294. The lowest BCUT2D eigenvalue weighted by Gasteiger charge is -2.22. The Kier molecular flexibility index (Phi) is 9.94. The van der Waals surface area contributed by atoms with E-state index in [-0.39, 0.29) is 35.9 Å². The average molecular weight is 571 g/mol. The van der Waals surface area contributed by atoms with Crippen molar-refractivity contribution in [1.29, 1.82) is 0 Å². The Balaban J connectivity index is 0.00000306. The number of rotatable bonds is 7. The number of likely N-dealkylation sites (tertiary alicyclic amines) is 1. The number of hydrogen-bond acceptors (Lipinski definition) is 4. The predicted octanol–water partition coefficient (Wildman–Crippen LogP) is 4.09. The van der Waals surface area contributed by atoms with Crippen LogP contribution in [0.15, 0.2) is 23.2 Å². The molecule has 3 aliphatic rings. The second-order valence-corrected chi connectivity index (χ2v) is 9.32. The van der Waals surface area contributed by atoms with E-state index >= 15 is 0 Å². The van der Waals surface area contributed by atoms with E-state index < -0.39 is 0 Å². The molecule has 184 valence electrons. The molecule has 2 saturated carbocycles. The van der Waals surface area contributed by atoms with Gasteiger partial charge >= 0.3 is 0 Å². The second-order valence-electron chi connectivity index (χ2n) is 9.32. The summed E-state index contributed by atoms with van der Waals surface area (Å²) < 4.78 is 11.7. The zero-order valence-corrected chi connectivity index (χ0v) is 22.3. The topological polar surface area (TPSA) is 75.2 Å². The number of hydrogen-bond donors (Lipinski definition) is 2. The van der Waals surface area contributed by atoms with Crippen molar-refractivity contribution in [3.05, 3.63) is 23.8 Å². The Morgan fingerprint density at radius 1 is 1.12 bits per heavy atom. The van der Waals surface area contributed by atoms with E-state index in [0.29, 0.717) is 18.6 Å². The van der Waals surface area contributed by atoms with Crippen molar-refractivity contribution in [3.63, 3.8) is 0 Å². The van der Waals surface area contributed by atoms with Crippen LogP contribution in [-0.2, 0) is 11.3 Å². The van der Waals surface area contributed by atoms with Gasteiger partial charge in [-0.1, -0.05) is 12.8 Å². The van der Waals surface area contributed by atoms with Crippen molar-refractivity contribution >= 4 is 35.8 Å². The maximum atomic E-state index is 12.7. The largest absolute Gasteiger partial charge is 0.497 e. The number of benzene rings is 1. The minimum atomic E-state index is 0. The fourth-order valence-corrected chi connectivity index (χ4v) is 5.18. The molecule has 3 fully saturated rings. The molecule has 8 heteroatoms. The van der Waals surface area contributed by atoms with Gasteiger partial charge in [-0.15, -0.1) is 24.0 Å². The van der Waals surface area contributed by atoms with Crippen LogP contribution in [0.25, 0.3) is 0 Å². The van der Waals surface area contributed by atoms with Crippen LogP contribution in [0.1, 0.15) is 63.4 Å². The van der Waals surface area contributed by atoms with Crippen LogP contribution in [0, 0.1) is 5.92 Å². The Bertz CT molecular complexity index is 807. The van der Waals surface area contributed by atoms with Crippen LogP contribution in [0.3, 0.4) is 0 Å². The van der Waals surface area contributed by atoms with E-state index in [2.05, 4.69) is 21.7 Å². The summed E-state index contributed by atoms with van der Waals surface area (Å²) in [6.07, 6.45) is 10.5. The molecule has 1 aromatic carbocycles. The lowest BCUT2D eigenvalue weighted by Crippen LogP contribution is -2.45. The summed E-state index contributed by atoms with van der Waals surface area (Å²) >= 11 is 0. The molecular formula is C25H39IN4O3. The van der Waals surface area contributed by atoms with Gasteiger partial charge in [0.25, 0.3) is 0 Å². The summed E-state index contributed by atoms with van der Waals surface area (Å²) in [5, 5.41) is 6.94. The number of methoxy groups -OCH3 is 1. The van der Waals surface area contributed by atoms with Gasteiger partial charge in [0.1, 0.15) is 11.5 Å². The molecule has 1 aromatic rings. The van der Waals surface area contributed by atoms with Crippen LogP contribution >= 0.6 is 24.0 Å². The fourth-order valence-electron chi connectivity index (χ4n) is 5.18. The maximum Gasteiger partial charge on any atom is 0.225 e. The minimum Gasteiger partial charge on any atom is -0.497 e. The van der Waals surface area contributed by atoms with E-state index in [1.807, 2.05) is 17.0 Å². The van der Waals surface area contributed by atoms with E-state index in [4.69, 9.17) is 9.47 Å². The standard InChI is InChI=1S/C25H38N4O3.HI/c1-26-25(28-20-13-14-29(17-20)24(30)18-7-3-4-8-18)27-16-19-11-12-22(31-2)15-23(19)32-21-9-5-6-10-21;/h11-12,15,18,20-21H,3-10,13-14,16-17H2,1-2H3,(H2,26,27,28);1H. The molecule has 1 saturated heterocycles. The first-order valence-corrected chi connectivity index (χ1v) is 12.3. The first-order valence-electron chi connectivity index (χ1n) is 12.3. The van der Waals surface area contributed by atoms with Gasteiger partial charge in [0, 0.05) is 50.3 Å². The van der Waals surface area contributed by atoms with Gasteiger partial charge in [0.2, 0.25) is 5.91 Å². The monoisotopic (exact) mass is 570 g/mol. The molecule has 2 N–H and O–H groups in total. The van der Waals surface area contributed by atoms with Gasteiger partial charge in [0.05, 0.1) is 13.2 Å². The Hall–Kier alpha value is -1.71. The molecule has 0 aromatic heterocycles. The first-order chi connectivity index (χ1) is 15.7. The van der Waals surface area contributed by atoms with Crippen molar-refractivity contribution in [2.75, 3.05) is 27.2 Å². The van der Waals surface area contributed by atoms with Gasteiger partial charge < -0.3 is 25.0 Å². The molecule has 1 aliphatic heterocycles.